The number of fused-ring (bicyclic) bond motifs is 1. The molecule has 0 radical (unpaired) electrons. The molecule has 6 heteroatoms. The Labute approximate surface area is 132 Å². The lowest BCUT2D eigenvalue weighted by atomic mass is 10.3. The molecule has 0 saturated heterocycles. The topological polar surface area (TPSA) is 46.8 Å². The predicted molar refractivity (Wildman–Crippen MR) is 87.6 cm³/mol. The Morgan fingerprint density at radius 1 is 1.32 bits per heavy atom. The van der Waals surface area contributed by atoms with Gasteiger partial charge in [-0.25, -0.2) is 4.98 Å². The number of benzene rings is 1. The lowest BCUT2D eigenvalue weighted by molar-refractivity contribution is 0.231. The van der Waals surface area contributed by atoms with Crippen molar-refractivity contribution in [2.45, 2.75) is 6.54 Å². The van der Waals surface area contributed by atoms with Crippen LogP contribution in [0, 0.1) is 0 Å². The molecular formula is C16H17N3O2S. The highest BCUT2D eigenvalue weighted by molar-refractivity contribution is 7.15. The molecule has 0 aliphatic carbocycles. The Kier molecular flexibility index (Phi) is 4.50. The van der Waals surface area contributed by atoms with Gasteiger partial charge in [0.25, 0.3) is 5.56 Å². The standard InChI is InChI=1S/C16H17N3O2S/c1-18(7-9-21-14-5-3-2-4-6-14)12-13-11-15(20)19-8-10-22-16(19)17-13/h2-6,8,10-11H,7,9,12H2,1H3. The van der Waals surface area contributed by atoms with Crippen LogP contribution in [0.1, 0.15) is 5.69 Å². The molecule has 22 heavy (non-hydrogen) atoms. The quantitative estimate of drug-likeness (QED) is 0.700. The number of thiazole rings is 1. The second-order valence-corrected chi connectivity index (χ2v) is 5.91. The third-order valence-electron chi connectivity index (χ3n) is 3.27. The molecule has 0 aliphatic heterocycles. The van der Waals surface area contributed by atoms with E-state index in [0.717, 1.165) is 22.9 Å². The number of nitrogens with zero attached hydrogens (tertiary/aromatic N) is 3. The van der Waals surface area contributed by atoms with Crippen LogP contribution in [-0.2, 0) is 6.54 Å². The van der Waals surface area contributed by atoms with E-state index >= 15 is 0 Å². The van der Waals surface area contributed by atoms with Crippen LogP contribution < -0.4 is 10.3 Å². The first-order valence-electron chi connectivity index (χ1n) is 7.04. The van der Waals surface area contributed by atoms with Crippen LogP contribution in [0.3, 0.4) is 0 Å². The van der Waals surface area contributed by atoms with Gasteiger partial charge in [-0.2, -0.15) is 0 Å². The average Bonchev–Trinajstić information content (AvgIpc) is 2.97. The number of ether oxygens (including phenoxy) is 1. The maximum Gasteiger partial charge on any atom is 0.258 e. The van der Waals surface area contributed by atoms with E-state index in [4.69, 9.17) is 4.74 Å². The molecule has 114 valence electrons. The fourth-order valence-corrected chi connectivity index (χ4v) is 2.90. The molecule has 5 nitrogen and oxygen atoms in total. The zero-order valence-corrected chi connectivity index (χ0v) is 13.1. The summed E-state index contributed by atoms with van der Waals surface area (Å²) in [6.07, 6.45) is 1.75. The lowest BCUT2D eigenvalue weighted by Crippen LogP contribution is -2.25. The molecular weight excluding hydrogens is 298 g/mol. The molecule has 2 heterocycles. The van der Waals surface area contributed by atoms with E-state index < -0.39 is 0 Å². The van der Waals surface area contributed by atoms with E-state index in [9.17, 15) is 4.79 Å². The summed E-state index contributed by atoms with van der Waals surface area (Å²) in [5.41, 5.74) is 0.754. The zero-order valence-electron chi connectivity index (χ0n) is 12.3. The van der Waals surface area contributed by atoms with Gasteiger partial charge in [-0.15, -0.1) is 11.3 Å². The summed E-state index contributed by atoms with van der Waals surface area (Å²) in [6.45, 7) is 1.99. The molecule has 2 aromatic heterocycles. The number of likely N-dealkylation sites (N-methyl/N-ethyl adjacent to an activating group) is 1. The van der Waals surface area contributed by atoms with Gasteiger partial charge < -0.3 is 4.74 Å². The van der Waals surface area contributed by atoms with E-state index in [1.807, 2.05) is 42.8 Å². The highest BCUT2D eigenvalue weighted by atomic mass is 32.1. The first-order valence-corrected chi connectivity index (χ1v) is 7.92. The molecule has 0 spiro atoms. The lowest BCUT2D eigenvalue weighted by Gasteiger charge is -2.16. The fourth-order valence-electron chi connectivity index (χ4n) is 2.16. The van der Waals surface area contributed by atoms with Crippen LogP contribution >= 0.6 is 11.3 Å². The third-order valence-corrected chi connectivity index (χ3v) is 4.03. The molecule has 3 rings (SSSR count). The number of rotatable bonds is 6. The Bertz CT molecular complexity index is 798. The minimum absolute atomic E-state index is 0.0322. The van der Waals surface area contributed by atoms with E-state index in [1.165, 1.54) is 11.3 Å². The number of hydrogen-bond donors (Lipinski definition) is 0. The van der Waals surface area contributed by atoms with Crippen molar-refractivity contribution in [3.05, 3.63) is 64.0 Å². The maximum atomic E-state index is 11.9. The average molecular weight is 315 g/mol. The van der Waals surface area contributed by atoms with Crippen LogP contribution in [-0.4, -0.2) is 34.5 Å². The van der Waals surface area contributed by atoms with Crippen molar-refractivity contribution in [2.24, 2.45) is 0 Å². The van der Waals surface area contributed by atoms with E-state index in [1.54, 1.807) is 16.7 Å². The number of hydrogen-bond acceptors (Lipinski definition) is 5. The molecule has 0 aliphatic rings. The SMILES string of the molecule is CN(CCOc1ccccc1)Cc1cc(=O)n2ccsc2n1. The van der Waals surface area contributed by atoms with Crippen molar-refractivity contribution in [1.82, 2.24) is 14.3 Å². The normalized spacial score (nSPS) is 11.2. The Morgan fingerprint density at radius 3 is 2.95 bits per heavy atom. The van der Waals surface area contributed by atoms with Gasteiger partial charge >= 0.3 is 0 Å². The van der Waals surface area contributed by atoms with Crippen molar-refractivity contribution >= 4 is 16.3 Å². The largest absolute Gasteiger partial charge is 0.492 e. The minimum atomic E-state index is -0.0322. The van der Waals surface area contributed by atoms with Crippen molar-refractivity contribution < 1.29 is 4.74 Å². The summed E-state index contributed by atoms with van der Waals surface area (Å²) in [4.78, 5) is 19.3. The minimum Gasteiger partial charge on any atom is -0.492 e. The first-order chi connectivity index (χ1) is 10.7. The summed E-state index contributed by atoms with van der Waals surface area (Å²) >= 11 is 1.47. The summed E-state index contributed by atoms with van der Waals surface area (Å²) in [5.74, 6) is 0.868. The number of para-hydroxylation sites is 1. The van der Waals surface area contributed by atoms with Gasteiger partial charge in [-0.1, -0.05) is 18.2 Å². The fraction of sp³-hybridized carbons (Fsp3) is 0.250. The van der Waals surface area contributed by atoms with Gasteiger partial charge in [0.05, 0.1) is 5.69 Å². The van der Waals surface area contributed by atoms with Gasteiger partial charge in [0, 0.05) is 30.7 Å². The molecule has 0 atom stereocenters. The van der Waals surface area contributed by atoms with E-state index in [-0.39, 0.29) is 5.56 Å². The zero-order chi connectivity index (χ0) is 15.4. The maximum absolute atomic E-state index is 11.9. The molecule has 0 fully saturated rings. The van der Waals surface area contributed by atoms with Crippen LogP contribution in [0.25, 0.3) is 4.96 Å². The van der Waals surface area contributed by atoms with E-state index in [2.05, 4.69) is 9.88 Å². The van der Waals surface area contributed by atoms with Crippen molar-refractivity contribution in [3.8, 4) is 5.75 Å². The Hall–Kier alpha value is -2.18. The van der Waals surface area contributed by atoms with Gasteiger partial charge in [-0.05, 0) is 19.2 Å². The van der Waals surface area contributed by atoms with Gasteiger partial charge in [-0.3, -0.25) is 14.1 Å². The summed E-state index contributed by atoms with van der Waals surface area (Å²) < 4.78 is 7.23. The van der Waals surface area contributed by atoms with Gasteiger partial charge in [0.2, 0.25) is 0 Å². The Morgan fingerprint density at radius 2 is 2.14 bits per heavy atom. The Balaban J connectivity index is 1.56. The molecule has 1 aromatic carbocycles. The first kappa shape index (κ1) is 14.7. The summed E-state index contributed by atoms with van der Waals surface area (Å²) in [5, 5.41) is 1.87. The smallest absolute Gasteiger partial charge is 0.258 e. The van der Waals surface area contributed by atoms with Crippen LogP contribution in [0.5, 0.6) is 5.75 Å². The molecule has 3 aromatic rings. The van der Waals surface area contributed by atoms with Crippen LogP contribution in [0.15, 0.2) is 52.8 Å². The van der Waals surface area contributed by atoms with Crippen LogP contribution in [0.2, 0.25) is 0 Å². The monoisotopic (exact) mass is 315 g/mol. The highest BCUT2D eigenvalue weighted by Crippen LogP contribution is 2.09. The second kappa shape index (κ2) is 6.72. The second-order valence-electron chi connectivity index (χ2n) is 5.04. The third kappa shape index (κ3) is 3.52. The summed E-state index contributed by atoms with van der Waals surface area (Å²) in [7, 11) is 1.99. The summed E-state index contributed by atoms with van der Waals surface area (Å²) in [6, 6.07) is 11.3. The molecule has 0 N–H and O–H groups in total. The molecule has 0 bridgehead atoms. The van der Waals surface area contributed by atoms with Gasteiger partial charge in [0.1, 0.15) is 12.4 Å². The number of aromatic nitrogens is 2. The van der Waals surface area contributed by atoms with E-state index in [0.29, 0.717) is 13.2 Å². The molecule has 0 unspecified atom stereocenters. The molecule has 0 amide bonds. The van der Waals surface area contributed by atoms with Crippen molar-refractivity contribution in [1.29, 1.82) is 0 Å². The van der Waals surface area contributed by atoms with Crippen molar-refractivity contribution in [3.63, 3.8) is 0 Å². The molecule has 0 saturated carbocycles. The van der Waals surface area contributed by atoms with Crippen LogP contribution in [0.4, 0.5) is 0 Å². The van der Waals surface area contributed by atoms with Gasteiger partial charge in [0.15, 0.2) is 4.96 Å². The highest BCUT2D eigenvalue weighted by Gasteiger charge is 2.06. The predicted octanol–water partition coefficient (Wildman–Crippen LogP) is 2.27. The van der Waals surface area contributed by atoms with Crippen molar-refractivity contribution in [2.75, 3.05) is 20.2 Å².